The van der Waals surface area contributed by atoms with Gasteiger partial charge in [0.25, 0.3) is 0 Å². The Labute approximate surface area is 80.2 Å². The van der Waals surface area contributed by atoms with Crippen LogP contribution in [0.1, 0.15) is 19.5 Å². The van der Waals surface area contributed by atoms with E-state index in [2.05, 4.69) is 28.7 Å². The van der Waals surface area contributed by atoms with E-state index in [1.165, 1.54) is 5.69 Å². The number of hydrogen-bond donors (Lipinski definition) is 1. The molecule has 1 N–H and O–H groups in total. The minimum absolute atomic E-state index is 0.657. The molecule has 3 heteroatoms. The van der Waals surface area contributed by atoms with Crippen LogP contribution >= 0.6 is 0 Å². The highest BCUT2D eigenvalue weighted by molar-refractivity contribution is 4.97. The zero-order valence-electron chi connectivity index (χ0n) is 8.75. The molecular weight excluding hydrogens is 162 g/mol. The lowest BCUT2D eigenvalue weighted by atomic mass is 10.2. The maximum Gasteiger partial charge on any atom is 0.0948 e. The molecule has 0 spiro atoms. The molecule has 13 heavy (non-hydrogen) atoms. The summed E-state index contributed by atoms with van der Waals surface area (Å²) in [5, 5.41) is 3.18. The number of nitrogens with one attached hydrogen (secondary N) is 1. The Balaban J connectivity index is 2.52. The van der Waals surface area contributed by atoms with Crippen molar-refractivity contribution < 1.29 is 0 Å². The minimum atomic E-state index is 0.657. The highest BCUT2D eigenvalue weighted by Gasteiger charge is 2.04. The van der Waals surface area contributed by atoms with Gasteiger partial charge in [0.15, 0.2) is 0 Å². The van der Waals surface area contributed by atoms with E-state index in [0.29, 0.717) is 5.92 Å². The Morgan fingerprint density at radius 1 is 1.62 bits per heavy atom. The van der Waals surface area contributed by atoms with Crippen LogP contribution in [0.3, 0.4) is 0 Å². The van der Waals surface area contributed by atoms with Crippen LogP contribution in [0.2, 0.25) is 0 Å². The quantitative estimate of drug-likeness (QED) is 0.742. The average Bonchev–Trinajstić information content (AvgIpc) is 2.52. The standard InChI is InChI=1S/C10H19N3/c1-4-10-6-12-8-13(10)7-9(2)5-11-3/h6,8-9,11H,4-5,7H2,1-3H3. The molecule has 0 aromatic carbocycles. The van der Waals surface area contributed by atoms with Crippen molar-refractivity contribution in [2.24, 2.45) is 5.92 Å². The summed E-state index contributed by atoms with van der Waals surface area (Å²) in [7, 11) is 1.99. The molecule has 0 radical (unpaired) electrons. The van der Waals surface area contributed by atoms with Gasteiger partial charge in [0, 0.05) is 18.4 Å². The van der Waals surface area contributed by atoms with Gasteiger partial charge in [-0.2, -0.15) is 0 Å². The molecule has 1 aromatic heterocycles. The van der Waals surface area contributed by atoms with E-state index in [9.17, 15) is 0 Å². The molecule has 74 valence electrons. The van der Waals surface area contributed by atoms with Crippen molar-refractivity contribution in [3.8, 4) is 0 Å². The third kappa shape index (κ3) is 2.84. The zero-order chi connectivity index (χ0) is 9.68. The molecule has 1 heterocycles. The summed E-state index contributed by atoms with van der Waals surface area (Å²) in [6.07, 6.45) is 4.93. The molecule has 0 aliphatic rings. The fourth-order valence-corrected chi connectivity index (χ4v) is 1.56. The smallest absolute Gasteiger partial charge is 0.0948 e. The summed E-state index contributed by atoms with van der Waals surface area (Å²) >= 11 is 0. The van der Waals surface area contributed by atoms with Gasteiger partial charge in [0.1, 0.15) is 0 Å². The van der Waals surface area contributed by atoms with Crippen LogP contribution in [0.4, 0.5) is 0 Å². The first kappa shape index (κ1) is 10.3. The SMILES string of the molecule is CCc1cncn1CC(C)CNC. The molecule has 0 fully saturated rings. The molecule has 3 nitrogen and oxygen atoms in total. The lowest BCUT2D eigenvalue weighted by Gasteiger charge is -2.13. The van der Waals surface area contributed by atoms with Crippen molar-refractivity contribution >= 4 is 0 Å². The molecule has 0 aliphatic heterocycles. The molecule has 0 saturated carbocycles. The van der Waals surface area contributed by atoms with E-state index >= 15 is 0 Å². The number of nitrogens with zero attached hydrogens (tertiary/aromatic N) is 2. The van der Waals surface area contributed by atoms with E-state index in [4.69, 9.17) is 0 Å². The highest BCUT2D eigenvalue weighted by Crippen LogP contribution is 2.04. The summed E-state index contributed by atoms with van der Waals surface area (Å²) in [6.45, 7) is 6.53. The maximum absolute atomic E-state index is 4.15. The van der Waals surface area contributed by atoms with Gasteiger partial charge in [-0.05, 0) is 25.9 Å². The molecular formula is C10H19N3. The monoisotopic (exact) mass is 181 g/mol. The summed E-state index contributed by atoms with van der Waals surface area (Å²) in [4.78, 5) is 4.15. The maximum atomic E-state index is 4.15. The fraction of sp³-hybridized carbons (Fsp3) is 0.700. The number of hydrogen-bond acceptors (Lipinski definition) is 2. The molecule has 1 rings (SSSR count). The Hall–Kier alpha value is -0.830. The molecule has 0 bridgehead atoms. The Morgan fingerprint density at radius 3 is 3.00 bits per heavy atom. The summed E-state index contributed by atoms with van der Waals surface area (Å²) in [5.74, 6) is 0.657. The third-order valence-corrected chi connectivity index (χ3v) is 2.22. The molecule has 0 amide bonds. The highest BCUT2D eigenvalue weighted by atomic mass is 15.0. The molecule has 1 aromatic rings. The van der Waals surface area contributed by atoms with E-state index in [1.54, 1.807) is 0 Å². The zero-order valence-corrected chi connectivity index (χ0v) is 8.75. The van der Waals surface area contributed by atoms with Crippen LogP contribution in [0.15, 0.2) is 12.5 Å². The van der Waals surface area contributed by atoms with Gasteiger partial charge in [-0.1, -0.05) is 13.8 Å². The summed E-state index contributed by atoms with van der Waals surface area (Å²) in [5.41, 5.74) is 1.32. The number of rotatable bonds is 5. The average molecular weight is 181 g/mol. The summed E-state index contributed by atoms with van der Waals surface area (Å²) in [6, 6.07) is 0. The lowest BCUT2D eigenvalue weighted by Crippen LogP contribution is -2.21. The lowest BCUT2D eigenvalue weighted by molar-refractivity contribution is 0.454. The van der Waals surface area contributed by atoms with Gasteiger partial charge in [-0.3, -0.25) is 0 Å². The van der Waals surface area contributed by atoms with E-state index in [-0.39, 0.29) is 0 Å². The first-order chi connectivity index (χ1) is 6.27. The van der Waals surface area contributed by atoms with Crippen molar-refractivity contribution in [1.82, 2.24) is 14.9 Å². The number of aryl methyl sites for hydroxylation is 1. The minimum Gasteiger partial charge on any atom is -0.334 e. The Morgan fingerprint density at radius 2 is 2.38 bits per heavy atom. The number of aromatic nitrogens is 2. The van der Waals surface area contributed by atoms with Crippen LogP contribution in [-0.4, -0.2) is 23.1 Å². The Kier molecular flexibility index (Phi) is 3.96. The second kappa shape index (κ2) is 5.02. The van der Waals surface area contributed by atoms with Crippen molar-refractivity contribution in [2.45, 2.75) is 26.8 Å². The van der Waals surface area contributed by atoms with E-state index in [1.807, 2.05) is 19.6 Å². The second-order valence-electron chi connectivity index (χ2n) is 3.55. The topological polar surface area (TPSA) is 29.9 Å². The van der Waals surface area contributed by atoms with Gasteiger partial charge < -0.3 is 9.88 Å². The molecule has 0 aliphatic carbocycles. The van der Waals surface area contributed by atoms with E-state index < -0.39 is 0 Å². The van der Waals surface area contributed by atoms with Crippen LogP contribution in [0.5, 0.6) is 0 Å². The van der Waals surface area contributed by atoms with Crippen LogP contribution in [0, 0.1) is 5.92 Å². The predicted octanol–water partition coefficient (Wildman–Crippen LogP) is 1.30. The second-order valence-corrected chi connectivity index (χ2v) is 3.55. The summed E-state index contributed by atoms with van der Waals surface area (Å²) < 4.78 is 2.24. The molecule has 1 unspecified atom stereocenters. The van der Waals surface area contributed by atoms with Crippen molar-refractivity contribution in [3.63, 3.8) is 0 Å². The number of imidazole rings is 1. The van der Waals surface area contributed by atoms with Crippen LogP contribution in [0.25, 0.3) is 0 Å². The third-order valence-electron chi connectivity index (χ3n) is 2.22. The fourth-order valence-electron chi connectivity index (χ4n) is 1.56. The van der Waals surface area contributed by atoms with Gasteiger partial charge in [-0.15, -0.1) is 0 Å². The van der Waals surface area contributed by atoms with Gasteiger partial charge in [0.2, 0.25) is 0 Å². The Bertz CT molecular complexity index is 242. The van der Waals surface area contributed by atoms with Crippen molar-refractivity contribution in [3.05, 3.63) is 18.2 Å². The first-order valence-electron chi connectivity index (χ1n) is 4.91. The normalized spacial score (nSPS) is 13.2. The first-order valence-corrected chi connectivity index (χ1v) is 4.91. The van der Waals surface area contributed by atoms with Crippen LogP contribution in [-0.2, 0) is 13.0 Å². The van der Waals surface area contributed by atoms with E-state index in [0.717, 1.165) is 19.5 Å². The molecule has 0 saturated heterocycles. The van der Waals surface area contributed by atoms with Gasteiger partial charge >= 0.3 is 0 Å². The van der Waals surface area contributed by atoms with Gasteiger partial charge in [-0.25, -0.2) is 4.98 Å². The van der Waals surface area contributed by atoms with Crippen molar-refractivity contribution in [2.75, 3.05) is 13.6 Å². The predicted molar refractivity (Wildman–Crippen MR) is 54.7 cm³/mol. The van der Waals surface area contributed by atoms with Crippen LogP contribution < -0.4 is 5.32 Å². The van der Waals surface area contributed by atoms with Crippen molar-refractivity contribution in [1.29, 1.82) is 0 Å². The molecule has 1 atom stereocenters. The largest absolute Gasteiger partial charge is 0.334 e. The van der Waals surface area contributed by atoms with Gasteiger partial charge in [0.05, 0.1) is 6.33 Å².